The Morgan fingerprint density at radius 1 is 1.03 bits per heavy atom. The Balaban J connectivity index is 0.000000195. The van der Waals surface area contributed by atoms with E-state index < -0.39 is 0 Å². The molecule has 0 saturated carbocycles. The van der Waals surface area contributed by atoms with Crippen LogP contribution < -0.4 is 0 Å². The molecule has 0 N–H and O–H groups in total. The van der Waals surface area contributed by atoms with Gasteiger partial charge in [0, 0.05) is 5.02 Å². The van der Waals surface area contributed by atoms with Gasteiger partial charge in [-0.05, 0) is 12.1 Å². The average Bonchev–Trinajstić information content (AvgIpc) is 3.19. The molecular weight excluding hydrogens is 467 g/mol. The third kappa shape index (κ3) is 6.99. The van der Waals surface area contributed by atoms with Gasteiger partial charge in [-0.2, -0.15) is 11.1 Å². The number of hydrogen-bond acceptors (Lipinski definition) is 0. The SMILES string of the molecule is CC1=[C-]C(C)C(C)=C1C.C[Si](C)=[Zr+2].Clc1cccc(-c2c[cH-]c3ccccc23)c1. The van der Waals surface area contributed by atoms with E-state index in [0.717, 1.165) is 5.02 Å². The van der Waals surface area contributed by atoms with E-state index in [2.05, 4.69) is 89.3 Å². The van der Waals surface area contributed by atoms with Crippen LogP contribution in [0.4, 0.5) is 0 Å². The Labute approximate surface area is 196 Å². The number of benzene rings is 2. The minimum atomic E-state index is 0.210. The molecule has 0 spiro atoms. The summed E-state index contributed by atoms with van der Waals surface area (Å²) in [5, 5.41) is 3.34. The largest absolute Gasteiger partial charge is 0.150 e. The number of fused-ring (bicyclic) bond motifs is 1. The zero-order valence-corrected chi connectivity index (χ0v) is 22.4. The summed E-state index contributed by atoms with van der Waals surface area (Å²) in [6.07, 6.45) is 3.36. The topological polar surface area (TPSA) is 0 Å². The first-order valence-electron chi connectivity index (χ1n) is 9.90. The fraction of sp³-hybridized carbons (Fsp3) is 0.269. The molecule has 0 aromatic heterocycles. The van der Waals surface area contributed by atoms with Crippen molar-refractivity contribution in [1.29, 1.82) is 0 Å². The van der Waals surface area contributed by atoms with Gasteiger partial charge in [0.1, 0.15) is 0 Å². The van der Waals surface area contributed by atoms with E-state index in [4.69, 9.17) is 11.6 Å². The summed E-state index contributed by atoms with van der Waals surface area (Å²) in [6.45, 7) is 13.3. The van der Waals surface area contributed by atoms with E-state index in [-0.39, 0.29) is 5.43 Å². The van der Waals surface area contributed by atoms with Gasteiger partial charge >= 0.3 is 41.9 Å². The van der Waals surface area contributed by atoms with Crippen molar-refractivity contribution in [2.45, 2.75) is 40.8 Å². The van der Waals surface area contributed by atoms with Crippen LogP contribution in [0, 0.1) is 12.0 Å². The molecule has 3 aromatic rings. The van der Waals surface area contributed by atoms with Crippen molar-refractivity contribution in [3.8, 4) is 11.1 Å². The van der Waals surface area contributed by atoms with E-state index in [9.17, 15) is 0 Å². The van der Waals surface area contributed by atoms with Crippen LogP contribution in [0.2, 0.25) is 18.1 Å². The number of rotatable bonds is 1. The second-order valence-electron chi connectivity index (χ2n) is 7.64. The molecule has 1 unspecified atom stereocenters. The minimum Gasteiger partial charge on any atom is -0.150 e. The third-order valence-electron chi connectivity index (χ3n) is 5.05. The molecule has 0 heterocycles. The molecule has 0 saturated heterocycles. The maximum Gasteiger partial charge on any atom is 0.0403 e. The van der Waals surface area contributed by atoms with Gasteiger partial charge < -0.3 is 0 Å². The molecule has 1 aliphatic rings. The summed E-state index contributed by atoms with van der Waals surface area (Å²) < 4.78 is 0. The van der Waals surface area contributed by atoms with Crippen molar-refractivity contribution in [2.24, 2.45) is 5.92 Å². The van der Waals surface area contributed by atoms with Crippen molar-refractivity contribution in [2.75, 3.05) is 0 Å². The maximum absolute atomic E-state index is 6.01. The van der Waals surface area contributed by atoms with Gasteiger partial charge in [0.25, 0.3) is 0 Å². The second-order valence-corrected chi connectivity index (χ2v) is 17.5. The van der Waals surface area contributed by atoms with Crippen molar-refractivity contribution >= 4 is 27.8 Å². The minimum absolute atomic E-state index is 0.210. The first-order valence-corrected chi connectivity index (χ1v) is 16.5. The molecule has 3 heteroatoms. The summed E-state index contributed by atoms with van der Waals surface area (Å²) in [4.78, 5) is 0. The summed E-state index contributed by atoms with van der Waals surface area (Å²) in [5.74, 6) is 0.560. The summed E-state index contributed by atoms with van der Waals surface area (Å²) >= 11 is 7.75. The van der Waals surface area contributed by atoms with Crippen LogP contribution in [0.15, 0.2) is 77.4 Å². The second kappa shape index (κ2) is 11.3. The third-order valence-corrected chi connectivity index (χ3v) is 5.29. The van der Waals surface area contributed by atoms with Gasteiger partial charge in [-0.1, -0.05) is 62.1 Å². The van der Waals surface area contributed by atoms with Crippen LogP contribution in [-0.4, -0.2) is 5.43 Å². The van der Waals surface area contributed by atoms with Crippen molar-refractivity contribution in [3.63, 3.8) is 0 Å². The van der Waals surface area contributed by atoms with Crippen LogP contribution in [0.25, 0.3) is 21.9 Å². The zero-order valence-electron chi connectivity index (χ0n) is 18.2. The smallest absolute Gasteiger partial charge is 0.0403 e. The van der Waals surface area contributed by atoms with Gasteiger partial charge in [0.15, 0.2) is 0 Å². The van der Waals surface area contributed by atoms with E-state index in [1.54, 1.807) is 23.3 Å². The van der Waals surface area contributed by atoms with Crippen LogP contribution in [0.1, 0.15) is 27.7 Å². The summed E-state index contributed by atoms with van der Waals surface area (Å²) in [5.41, 5.74) is 6.88. The zero-order chi connectivity index (χ0) is 21.6. The molecule has 29 heavy (non-hydrogen) atoms. The fourth-order valence-corrected chi connectivity index (χ4v) is 3.41. The molecule has 0 aliphatic heterocycles. The fourth-order valence-electron chi connectivity index (χ4n) is 3.22. The molecule has 3 aromatic carbocycles. The quantitative estimate of drug-likeness (QED) is 0.235. The molecule has 148 valence electrons. The first kappa shape index (κ1) is 24.2. The summed E-state index contributed by atoms with van der Waals surface area (Å²) in [6, 6.07) is 20.7. The molecule has 4 rings (SSSR count). The Hall–Kier alpha value is -1.08. The molecule has 0 nitrogen and oxygen atoms in total. The number of allylic oxidation sites excluding steroid dienone is 4. The van der Waals surface area contributed by atoms with Crippen LogP contribution >= 0.6 is 11.6 Å². The molecule has 1 atom stereocenters. The Morgan fingerprint density at radius 2 is 1.69 bits per heavy atom. The van der Waals surface area contributed by atoms with Crippen LogP contribution in [0.5, 0.6) is 0 Å². The van der Waals surface area contributed by atoms with E-state index in [0.29, 0.717) is 5.92 Å². The number of halogens is 1. The van der Waals surface area contributed by atoms with Gasteiger partial charge in [-0.3, -0.25) is 6.08 Å². The van der Waals surface area contributed by atoms with Crippen molar-refractivity contribution < 1.29 is 23.3 Å². The van der Waals surface area contributed by atoms with Crippen molar-refractivity contribution in [3.05, 3.63) is 88.5 Å². The molecular formula is C26H29ClSiZr. The molecule has 1 aliphatic carbocycles. The Bertz CT molecular complexity index is 1050. The average molecular weight is 496 g/mol. The monoisotopic (exact) mass is 494 g/mol. The predicted octanol–water partition coefficient (Wildman–Crippen LogP) is 8.39. The predicted molar refractivity (Wildman–Crippen MR) is 127 cm³/mol. The number of hydrogen-bond donors (Lipinski definition) is 0. The van der Waals surface area contributed by atoms with E-state index in [1.165, 1.54) is 38.6 Å². The standard InChI is InChI=1S/C15H10Cl.C9H13.C2H6Si.Zr/c16-13-6-3-5-12(10-13)15-9-8-11-4-1-2-7-14(11)15;1-6-5-7(2)9(4)8(6)3;1-3-2;/h1-10H;6H,1-4H3;1-2H3;/q2*-1;;+2. The van der Waals surface area contributed by atoms with Crippen LogP contribution in [0.3, 0.4) is 0 Å². The van der Waals surface area contributed by atoms with Gasteiger partial charge in [0.2, 0.25) is 0 Å². The van der Waals surface area contributed by atoms with Gasteiger partial charge in [-0.15, -0.1) is 53.6 Å². The molecule has 0 amide bonds. The van der Waals surface area contributed by atoms with Crippen LogP contribution in [-0.2, 0) is 23.3 Å². The van der Waals surface area contributed by atoms with E-state index >= 15 is 0 Å². The molecule has 0 bridgehead atoms. The maximum atomic E-state index is 6.01. The van der Waals surface area contributed by atoms with Gasteiger partial charge in [0.05, 0.1) is 0 Å². The van der Waals surface area contributed by atoms with Gasteiger partial charge in [-0.25, -0.2) is 5.57 Å². The summed E-state index contributed by atoms with van der Waals surface area (Å²) in [7, 11) is 0. The molecule has 0 radical (unpaired) electrons. The van der Waals surface area contributed by atoms with E-state index in [1.807, 2.05) is 18.2 Å². The first-order chi connectivity index (χ1) is 13.7. The normalized spacial score (nSPS) is 15.3. The Kier molecular flexibility index (Phi) is 9.47. The molecule has 0 fully saturated rings. The van der Waals surface area contributed by atoms with Crippen molar-refractivity contribution in [1.82, 2.24) is 0 Å². The Morgan fingerprint density at radius 3 is 2.21 bits per heavy atom.